The molecule has 0 aliphatic carbocycles. The van der Waals surface area contributed by atoms with E-state index in [-0.39, 0.29) is 5.91 Å². The van der Waals surface area contributed by atoms with Gasteiger partial charge in [-0.1, -0.05) is 12.1 Å². The maximum absolute atomic E-state index is 12.6. The molecule has 3 heteroatoms. The fourth-order valence-electron chi connectivity index (χ4n) is 2.17. The molecule has 0 heterocycles. The van der Waals surface area contributed by atoms with Gasteiger partial charge in [0.25, 0.3) is 5.91 Å². The number of carbonyl (C=O) groups excluding carboxylic acids is 1. The lowest BCUT2D eigenvalue weighted by molar-refractivity contribution is 0.0988. The van der Waals surface area contributed by atoms with E-state index >= 15 is 0 Å². The zero-order chi connectivity index (χ0) is 14.5. The molecule has 3 nitrogen and oxygen atoms in total. The van der Waals surface area contributed by atoms with E-state index in [2.05, 4.69) is 5.32 Å². The Morgan fingerprint density at radius 3 is 2.40 bits per heavy atom. The minimum absolute atomic E-state index is 0.0285. The highest BCUT2D eigenvalue weighted by Crippen LogP contribution is 2.19. The number of hydrogen-bond acceptors (Lipinski definition) is 2. The molecule has 0 bridgehead atoms. The van der Waals surface area contributed by atoms with Crippen molar-refractivity contribution in [1.29, 1.82) is 0 Å². The van der Waals surface area contributed by atoms with E-state index < -0.39 is 0 Å². The van der Waals surface area contributed by atoms with Gasteiger partial charge in [-0.15, -0.1) is 0 Å². The Morgan fingerprint density at radius 1 is 1.15 bits per heavy atom. The van der Waals surface area contributed by atoms with Crippen molar-refractivity contribution < 1.29 is 4.79 Å². The monoisotopic (exact) mass is 268 g/mol. The Bertz CT molecular complexity index is 590. The van der Waals surface area contributed by atoms with E-state index in [9.17, 15) is 4.79 Å². The van der Waals surface area contributed by atoms with Crippen molar-refractivity contribution in [3.8, 4) is 0 Å². The van der Waals surface area contributed by atoms with Gasteiger partial charge in [-0.3, -0.25) is 4.79 Å². The molecule has 0 fully saturated rings. The molecule has 2 rings (SSSR count). The maximum Gasteiger partial charge on any atom is 0.258 e. The SMILES string of the molecule is CCN(C(=O)c1ccc(NC)cc1)c1cccc(C)c1. The van der Waals surface area contributed by atoms with Gasteiger partial charge in [-0.2, -0.15) is 0 Å². The van der Waals surface area contributed by atoms with Gasteiger partial charge in [-0.05, 0) is 55.8 Å². The van der Waals surface area contributed by atoms with Crippen LogP contribution in [0, 0.1) is 6.92 Å². The Labute approximate surface area is 120 Å². The average molecular weight is 268 g/mol. The fraction of sp³-hybridized carbons (Fsp3) is 0.235. The topological polar surface area (TPSA) is 32.3 Å². The number of nitrogens with zero attached hydrogens (tertiary/aromatic N) is 1. The number of aryl methyl sites for hydroxylation is 1. The summed E-state index contributed by atoms with van der Waals surface area (Å²) in [4.78, 5) is 14.4. The van der Waals surface area contributed by atoms with Crippen molar-refractivity contribution in [2.45, 2.75) is 13.8 Å². The molecule has 0 aromatic heterocycles. The minimum Gasteiger partial charge on any atom is -0.388 e. The first-order valence-corrected chi connectivity index (χ1v) is 6.82. The Hall–Kier alpha value is -2.29. The molecule has 0 saturated heterocycles. The third-order valence-corrected chi connectivity index (χ3v) is 3.30. The third kappa shape index (κ3) is 2.99. The van der Waals surface area contributed by atoms with E-state index in [0.717, 1.165) is 16.9 Å². The summed E-state index contributed by atoms with van der Waals surface area (Å²) in [5, 5.41) is 3.05. The highest BCUT2D eigenvalue weighted by atomic mass is 16.2. The van der Waals surface area contributed by atoms with Crippen LogP contribution in [0.15, 0.2) is 48.5 Å². The average Bonchev–Trinajstić information content (AvgIpc) is 2.48. The zero-order valence-electron chi connectivity index (χ0n) is 12.2. The van der Waals surface area contributed by atoms with Crippen LogP contribution in [-0.4, -0.2) is 19.5 Å². The van der Waals surface area contributed by atoms with Crippen molar-refractivity contribution in [3.05, 3.63) is 59.7 Å². The van der Waals surface area contributed by atoms with Gasteiger partial charge in [0.05, 0.1) is 0 Å². The van der Waals surface area contributed by atoms with Gasteiger partial charge < -0.3 is 10.2 Å². The van der Waals surface area contributed by atoms with Crippen molar-refractivity contribution in [3.63, 3.8) is 0 Å². The zero-order valence-corrected chi connectivity index (χ0v) is 12.2. The summed E-state index contributed by atoms with van der Waals surface area (Å²) in [5.74, 6) is 0.0285. The first-order valence-electron chi connectivity index (χ1n) is 6.82. The van der Waals surface area contributed by atoms with Gasteiger partial charge in [0.15, 0.2) is 0 Å². The number of carbonyl (C=O) groups is 1. The summed E-state index contributed by atoms with van der Waals surface area (Å²) >= 11 is 0. The summed E-state index contributed by atoms with van der Waals surface area (Å²) in [5.41, 5.74) is 3.79. The van der Waals surface area contributed by atoms with Crippen molar-refractivity contribution in [1.82, 2.24) is 0 Å². The Balaban J connectivity index is 2.28. The molecule has 1 N–H and O–H groups in total. The number of anilines is 2. The summed E-state index contributed by atoms with van der Waals surface area (Å²) in [6.07, 6.45) is 0. The van der Waals surface area contributed by atoms with Crippen LogP contribution in [0.1, 0.15) is 22.8 Å². The second-order valence-electron chi connectivity index (χ2n) is 4.72. The summed E-state index contributed by atoms with van der Waals surface area (Å²) < 4.78 is 0. The fourth-order valence-corrected chi connectivity index (χ4v) is 2.17. The molecule has 1 amide bonds. The number of nitrogens with one attached hydrogen (secondary N) is 1. The highest BCUT2D eigenvalue weighted by Gasteiger charge is 2.15. The van der Waals surface area contributed by atoms with Crippen molar-refractivity contribution >= 4 is 17.3 Å². The third-order valence-electron chi connectivity index (χ3n) is 3.30. The minimum atomic E-state index is 0.0285. The summed E-state index contributed by atoms with van der Waals surface area (Å²) in [6.45, 7) is 4.67. The molecule has 20 heavy (non-hydrogen) atoms. The van der Waals surface area contributed by atoms with Crippen molar-refractivity contribution in [2.75, 3.05) is 23.8 Å². The van der Waals surface area contributed by atoms with Crippen LogP contribution in [0.2, 0.25) is 0 Å². The van der Waals surface area contributed by atoms with E-state index in [1.165, 1.54) is 0 Å². The second-order valence-corrected chi connectivity index (χ2v) is 4.72. The van der Waals surface area contributed by atoms with E-state index in [1.54, 1.807) is 4.90 Å². The summed E-state index contributed by atoms with van der Waals surface area (Å²) in [6, 6.07) is 15.5. The van der Waals surface area contributed by atoms with Crippen LogP contribution in [0.4, 0.5) is 11.4 Å². The molecule has 104 valence electrons. The van der Waals surface area contributed by atoms with Crippen LogP contribution >= 0.6 is 0 Å². The molecule has 0 radical (unpaired) electrons. The van der Waals surface area contributed by atoms with Crippen molar-refractivity contribution in [2.24, 2.45) is 0 Å². The van der Waals surface area contributed by atoms with Gasteiger partial charge in [0.1, 0.15) is 0 Å². The lowest BCUT2D eigenvalue weighted by atomic mass is 10.1. The smallest absolute Gasteiger partial charge is 0.258 e. The first-order chi connectivity index (χ1) is 9.65. The van der Waals surface area contributed by atoms with Crippen LogP contribution in [-0.2, 0) is 0 Å². The van der Waals surface area contributed by atoms with Crippen LogP contribution < -0.4 is 10.2 Å². The molecule has 0 spiro atoms. The molecular formula is C17H20N2O. The number of hydrogen-bond donors (Lipinski definition) is 1. The van der Waals surface area contributed by atoms with Gasteiger partial charge in [0, 0.05) is 30.5 Å². The number of benzene rings is 2. The van der Waals surface area contributed by atoms with Crippen LogP contribution in [0.25, 0.3) is 0 Å². The van der Waals surface area contributed by atoms with Crippen LogP contribution in [0.5, 0.6) is 0 Å². The van der Waals surface area contributed by atoms with E-state index in [1.807, 2.05) is 69.4 Å². The van der Waals surface area contributed by atoms with Gasteiger partial charge in [0.2, 0.25) is 0 Å². The molecule has 0 saturated carbocycles. The molecule has 2 aromatic carbocycles. The lowest BCUT2D eigenvalue weighted by Crippen LogP contribution is -2.30. The van der Waals surface area contributed by atoms with Crippen LogP contribution in [0.3, 0.4) is 0 Å². The predicted octanol–water partition coefficient (Wildman–Crippen LogP) is 3.70. The molecule has 2 aromatic rings. The summed E-state index contributed by atoms with van der Waals surface area (Å²) in [7, 11) is 1.86. The Morgan fingerprint density at radius 2 is 1.85 bits per heavy atom. The normalized spacial score (nSPS) is 10.2. The van der Waals surface area contributed by atoms with E-state index in [4.69, 9.17) is 0 Å². The standard InChI is InChI=1S/C17H20N2O/c1-4-19(16-7-5-6-13(2)12-16)17(20)14-8-10-15(18-3)11-9-14/h5-12,18H,4H2,1-3H3. The second kappa shape index (κ2) is 6.24. The molecular weight excluding hydrogens is 248 g/mol. The molecule has 0 unspecified atom stereocenters. The maximum atomic E-state index is 12.6. The lowest BCUT2D eigenvalue weighted by Gasteiger charge is -2.21. The number of rotatable bonds is 4. The largest absolute Gasteiger partial charge is 0.388 e. The Kier molecular flexibility index (Phi) is 4.41. The predicted molar refractivity (Wildman–Crippen MR) is 84.5 cm³/mol. The molecule has 0 atom stereocenters. The number of amides is 1. The van der Waals surface area contributed by atoms with Gasteiger partial charge in [-0.25, -0.2) is 0 Å². The molecule has 0 aliphatic rings. The first kappa shape index (κ1) is 14.1. The van der Waals surface area contributed by atoms with E-state index in [0.29, 0.717) is 12.1 Å². The van der Waals surface area contributed by atoms with Gasteiger partial charge >= 0.3 is 0 Å². The quantitative estimate of drug-likeness (QED) is 0.917. The molecule has 0 aliphatic heterocycles. The highest BCUT2D eigenvalue weighted by molar-refractivity contribution is 6.06.